The van der Waals surface area contributed by atoms with Crippen LogP contribution in [0.25, 0.3) is 0 Å². The zero-order valence-electron chi connectivity index (χ0n) is 28.9. The molecule has 16 heteroatoms. The van der Waals surface area contributed by atoms with Gasteiger partial charge in [-0.05, 0) is 91.6 Å². The van der Waals surface area contributed by atoms with E-state index >= 15 is 0 Å². The standard InChI is InChI=1S/C19H21ClFN3O2.C14H20N2O2.C4HCl2FN2/c20-18-22-11-16(21)17(24-18)10-14-7-4-8-15(9-14)23-19(25)26-12-13-5-2-1-3-6-13;15-12-7-4-8-13(9-12)16-14(17)18-10-11-5-2-1-3-6-11;5-3-2(7)1-8-4(6)9-3/h1-3,5-6,11,14-15H,4,7-10,12H2,(H,23,25);1-3,5-6,12-13H,4,7-10,15H2,(H,16,17);1H/t14-,15+;12-,13+;/m00./s1. The monoisotopic (exact) mass is 791 g/mol. The third kappa shape index (κ3) is 15.8. The number of hydrogen-bond acceptors (Lipinski definition) is 9. The van der Waals surface area contributed by atoms with Gasteiger partial charge in [0.05, 0.1) is 18.1 Å². The van der Waals surface area contributed by atoms with Crippen LogP contribution in [0.1, 0.15) is 68.2 Å². The van der Waals surface area contributed by atoms with Gasteiger partial charge >= 0.3 is 12.2 Å². The Hall–Kier alpha value is -4.17. The Morgan fingerprint density at radius 3 is 1.75 bits per heavy atom. The highest BCUT2D eigenvalue weighted by Gasteiger charge is 2.25. The van der Waals surface area contributed by atoms with Gasteiger partial charge in [-0.25, -0.2) is 38.3 Å². The van der Waals surface area contributed by atoms with Gasteiger partial charge in [0.15, 0.2) is 16.8 Å². The summed E-state index contributed by atoms with van der Waals surface area (Å²) in [6.45, 7) is 0.554. The first-order chi connectivity index (χ1) is 25.5. The van der Waals surface area contributed by atoms with Gasteiger partial charge in [0, 0.05) is 18.1 Å². The third-order valence-electron chi connectivity index (χ3n) is 8.51. The van der Waals surface area contributed by atoms with Crippen LogP contribution in [0.5, 0.6) is 0 Å². The molecule has 2 fully saturated rings. The van der Waals surface area contributed by atoms with Crippen LogP contribution in [0.3, 0.4) is 0 Å². The number of alkyl carbamates (subject to hydrolysis) is 2. The van der Waals surface area contributed by atoms with Gasteiger partial charge in [-0.1, -0.05) is 78.7 Å². The molecule has 0 saturated heterocycles. The molecule has 4 aromatic rings. The van der Waals surface area contributed by atoms with Crippen LogP contribution in [-0.2, 0) is 29.1 Å². The number of nitrogens with zero attached hydrogens (tertiary/aromatic N) is 4. The fourth-order valence-electron chi connectivity index (χ4n) is 5.95. The molecule has 2 heterocycles. The molecule has 2 aromatic carbocycles. The summed E-state index contributed by atoms with van der Waals surface area (Å²) in [6, 6.07) is 19.6. The number of carbonyl (C=O) groups excluding carboxylic acids is 2. The molecule has 2 aliphatic carbocycles. The summed E-state index contributed by atoms with van der Waals surface area (Å²) in [5.41, 5.74) is 8.15. The molecule has 2 aromatic heterocycles. The Labute approximate surface area is 322 Å². The number of halogens is 5. The minimum absolute atomic E-state index is 0.0254. The quantitative estimate of drug-likeness (QED) is 0.118. The second-order valence-electron chi connectivity index (χ2n) is 12.7. The predicted octanol–water partition coefficient (Wildman–Crippen LogP) is 8.40. The zero-order chi connectivity index (χ0) is 38.0. The van der Waals surface area contributed by atoms with E-state index in [1.807, 2.05) is 60.7 Å². The summed E-state index contributed by atoms with van der Waals surface area (Å²) in [5, 5.41) is 5.54. The lowest BCUT2D eigenvalue weighted by molar-refractivity contribution is 0.130. The topological polar surface area (TPSA) is 154 Å². The molecule has 2 amide bonds. The molecule has 0 bridgehead atoms. The van der Waals surface area contributed by atoms with Crippen LogP contribution in [0.4, 0.5) is 18.4 Å². The van der Waals surface area contributed by atoms with Gasteiger partial charge in [-0.2, -0.15) is 0 Å². The number of ether oxygens (including phenoxy) is 2. The minimum atomic E-state index is -0.666. The highest BCUT2D eigenvalue weighted by Crippen LogP contribution is 2.28. The minimum Gasteiger partial charge on any atom is -0.445 e. The van der Waals surface area contributed by atoms with Gasteiger partial charge < -0.3 is 25.8 Å². The molecule has 4 atom stereocenters. The first-order valence-electron chi connectivity index (χ1n) is 17.2. The number of rotatable bonds is 8. The summed E-state index contributed by atoms with van der Waals surface area (Å²) in [5.74, 6) is -0.864. The van der Waals surface area contributed by atoms with Crippen molar-refractivity contribution in [3.63, 3.8) is 0 Å². The van der Waals surface area contributed by atoms with Gasteiger partial charge in [0.25, 0.3) is 0 Å². The van der Waals surface area contributed by atoms with E-state index in [9.17, 15) is 18.4 Å². The maximum absolute atomic E-state index is 13.8. The van der Waals surface area contributed by atoms with E-state index in [1.54, 1.807) is 0 Å². The summed E-state index contributed by atoms with van der Waals surface area (Å²) in [4.78, 5) is 37.9. The molecule has 2 aliphatic rings. The highest BCUT2D eigenvalue weighted by atomic mass is 35.5. The second kappa shape index (κ2) is 22.1. The van der Waals surface area contributed by atoms with Crippen molar-refractivity contribution in [2.45, 2.75) is 89.1 Å². The summed E-state index contributed by atoms with van der Waals surface area (Å²) in [6.07, 6.45) is 9.30. The maximum atomic E-state index is 13.8. The lowest BCUT2D eigenvalue weighted by Gasteiger charge is -2.29. The average molecular weight is 793 g/mol. The summed E-state index contributed by atoms with van der Waals surface area (Å²) >= 11 is 16.2. The Balaban J connectivity index is 0.000000200. The number of hydrogen-bond donors (Lipinski definition) is 3. The van der Waals surface area contributed by atoms with Gasteiger partial charge in [0.1, 0.15) is 13.2 Å². The molecule has 0 spiro atoms. The number of nitrogens with one attached hydrogen (secondary N) is 2. The average Bonchev–Trinajstić information content (AvgIpc) is 3.15. The molecule has 53 heavy (non-hydrogen) atoms. The van der Waals surface area contributed by atoms with E-state index in [0.29, 0.717) is 18.7 Å². The van der Waals surface area contributed by atoms with E-state index in [-0.39, 0.29) is 52.5 Å². The van der Waals surface area contributed by atoms with Crippen molar-refractivity contribution in [2.75, 3.05) is 0 Å². The number of nitrogens with two attached hydrogens (primary N) is 1. The Bertz CT molecular complexity index is 1730. The number of benzene rings is 2. The van der Waals surface area contributed by atoms with Crippen molar-refractivity contribution in [2.24, 2.45) is 11.7 Å². The Morgan fingerprint density at radius 1 is 0.717 bits per heavy atom. The molecule has 284 valence electrons. The molecule has 0 unspecified atom stereocenters. The van der Waals surface area contributed by atoms with Crippen molar-refractivity contribution in [1.29, 1.82) is 0 Å². The predicted molar refractivity (Wildman–Crippen MR) is 198 cm³/mol. The van der Waals surface area contributed by atoms with Crippen LogP contribution >= 0.6 is 34.8 Å². The van der Waals surface area contributed by atoms with E-state index < -0.39 is 17.7 Å². The molecular weight excluding hydrogens is 751 g/mol. The third-order valence-corrected chi connectivity index (χ3v) is 9.14. The van der Waals surface area contributed by atoms with Gasteiger partial charge in [-0.15, -0.1) is 0 Å². The normalized spacial score (nSPS) is 19.3. The van der Waals surface area contributed by atoms with Gasteiger partial charge in [0.2, 0.25) is 10.6 Å². The zero-order valence-corrected chi connectivity index (χ0v) is 31.2. The Morgan fingerprint density at radius 2 is 1.23 bits per heavy atom. The largest absolute Gasteiger partial charge is 0.445 e. The fraction of sp³-hybridized carbons (Fsp3) is 0.405. The molecule has 4 N–H and O–H groups in total. The van der Waals surface area contributed by atoms with E-state index in [4.69, 9.17) is 50.0 Å². The van der Waals surface area contributed by atoms with E-state index in [2.05, 4.69) is 30.6 Å². The number of amides is 2. The summed E-state index contributed by atoms with van der Waals surface area (Å²) < 4.78 is 36.4. The second-order valence-corrected chi connectivity index (χ2v) is 13.7. The molecule has 0 aliphatic heterocycles. The van der Waals surface area contributed by atoms with Crippen LogP contribution in [0, 0.1) is 17.6 Å². The van der Waals surface area contributed by atoms with Crippen LogP contribution in [0.2, 0.25) is 15.7 Å². The molecule has 2 saturated carbocycles. The van der Waals surface area contributed by atoms with Gasteiger partial charge in [-0.3, -0.25) is 0 Å². The lowest BCUT2D eigenvalue weighted by atomic mass is 9.83. The fourth-order valence-corrected chi connectivity index (χ4v) is 6.41. The van der Waals surface area contributed by atoms with E-state index in [0.717, 1.165) is 74.9 Å². The SMILES string of the molecule is Fc1cnc(Cl)nc1Cl.N[C@H]1CCC[C@@H](NC(=O)OCc2ccccc2)C1.O=C(N[C@@H]1CCC[C@H](Cc2nc(Cl)ncc2F)C1)OCc1ccccc1. The van der Waals surface area contributed by atoms with Crippen molar-refractivity contribution in [1.82, 2.24) is 30.6 Å². The first-order valence-corrected chi connectivity index (χ1v) is 18.4. The molecule has 6 rings (SSSR count). The smallest absolute Gasteiger partial charge is 0.407 e. The van der Waals surface area contributed by atoms with Crippen LogP contribution < -0.4 is 16.4 Å². The lowest BCUT2D eigenvalue weighted by Crippen LogP contribution is -2.42. The number of carbonyl (C=O) groups is 2. The van der Waals surface area contributed by atoms with Crippen LogP contribution in [-0.4, -0.2) is 50.2 Å². The van der Waals surface area contributed by atoms with Crippen molar-refractivity contribution in [3.8, 4) is 0 Å². The summed E-state index contributed by atoms with van der Waals surface area (Å²) in [7, 11) is 0. The van der Waals surface area contributed by atoms with Crippen molar-refractivity contribution in [3.05, 3.63) is 117 Å². The highest BCUT2D eigenvalue weighted by molar-refractivity contribution is 6.31. The number of aromatic nitrogens is 4. The molecule has 11 nitrogen and oxygen atoms in total. The van der Waals surface area contributed by atoms with Crippen molar-refractivity contribution < 1.29 is 27.8 Å². The van der Waals surface area contributed by atoms with E-state index in [1.165, 1.54) is 0 Å². The Kier molecular flexibility index (Phi) is 17.4. The maximum Gasteiger partial charge on any atom is 0.407 e. The van der Waals surface area contributed by atoms with Crippen molar-refractivity contribution >= 4 is 47.0 Å². The van der Waals surface area contributed by atoms with Crippen LogP contribution in [0.15, 0.2) is 73.1 Å². The molecule has 0 radical (unpaired) electrons. The first kappa shape index (κ1) is 41.6. The molecular formula is C37H42Cl3F2N7O4.